The lowest BCUT2D eigenvalue weighted by Crippen LogP contribution is -2.18. The van der Waals surface area contributed by atoms with Crippen molar-refractivity contribution in [2.24, 2.45) is 5.92 Å². The maximum atomic E-state index is 4.71. The van der Waals surface area contributed by atoms with Gasteiger partial charge in [0.25, 0.3) is 0 Å². The Balaban J connectivity index is 1.35. The lowest BCUT2D eigenvalue weighted by Gasteiger charge is -2.22. The van der Waals surface area contributed by atoms with Crippen LogP contribution in [0.15, 0.2) is 24.4 Å². The lowest BCUT2D eigenvalue weighted by molar-refractivity contribution is 0.373. The molecule has 3 N–H and O–H groups in total. The van der Waals surface area contributed by atoms with Crippen LogP contribution in [0.4, 0.5) is 17.6 Å². The monoisotopic (exact) mass is 351 g/mol. The molecule has 3 aromatic heterocycles. The third-order valence-electron chi connectivity index (χ3n) is 5.53. The zero-order valence-electron chi connectivity index (χ0n) is 14.9. The summed E-state index contributed by atoms with van der Waals surface area (Å²) < 4.78 is 1.87. The third-order valence-corrected chi connectivity index (χ3v) is 5.53. The molecule has 26 heavy (non-hydrogen) atoms. The molecule has 3 aromatic rings. The fourth-order valence-corrected chi connectivity index (χ4v) is 3.87. The molecule has 0 bridgehead atoms. The van der Waals surface area contributed by atoms with Crippen molar-refractivity contribution < 1.29 is 0 Å². The largest absolute Gasteiger partial charge is 0.368 e. The minimum absolute atomic E-state index is 0.564. The number of aromatic nitrogens is 5. The quantitative estimate of drug-likeness (QED) is 0.624. The molecule has 2 aliphatic rings. The summed E-state index contributed by atoms with van der Waals surface area (Å²) in [6.07, 6.45) is 11.2. The van der Waals surface area contributed by atoms with Gasteiger partial charge in [0.15, 0.2) is 11.6 Å². The van der Waals surface area contributed by atoms with Crippen molar-refractivity contribution >= 4 is 23.1 Å². The third kappa shape index (κ3) is 3.25. The number of hydrogen-bond donors (Lipinski definition) is 3. The van der Waals surface area contributed by atoms with Gasteiger partial charge in [0.1, 0.15) is 5.52 Å². The smallest absolute Gasteiger partial charge is 0.248 e. The van der Waals surface area contributed by atoms with E-state index in [2.05, 4.69) is 32.0 Å². The highest BCUT2D eigenvalue weighted by atomic mass is 15.3. The Hall–Kier alpha value is -2.57. The van der Waals surface area contributed by atoms with E-state index in [-0.39, 0.29) is 0 Å². The fraction of sp³-hybridized carbons (Fsp3) is 0.526. The minimum Gasteiger partial charge on any atom is -0.368 e. The summed E-state index contributed by atoms with van der Waals surface area (Å²) in [6.45, 7) is 0.978. The average molecular weight is 351 g/mol. The predicted octanol–water partition coefficient (Wildman–Crippen LogP) is 4.07. The first kappa shape index (κ1) is 15.7. The first-order valence-electron chi connectivity index (χ1n) is 9.77. The van der Waals surface area contributed by atoms with Gasteiger partial charge in [0, 0.05) is 30.4 Å². The van der Waals surface area contributed by atoms with Gasteiger partial charge in [0.2, 0.25) is 5.95 Å². The number of nitrogens with one attached hydrogen (secondary N) is 3. The molecule has 0 amide bonds. The zero-order chi connectivity index (χ0) is 17.3. The number of aromatic amines is 1. The Morgan fingerprint density at radius 3 is 2.88 bits per heavy atom. The van der Waals surface area contributed by atoms with Crippen molar-refractivity contribution in [2.75, 3.05) is 17.2 Å². The van der Waals surface area contributed by atoms with E-state index in [1.165, 1.54) is 50.6 Å². The van der Waals surface area contributed by atoms with Gasteiger partial charge >= 0.3 is 0 Å². The van der Waals surface area contributed by atoms with Gasteiger partial charge in [-0.3, -0.25) is 5.10 Å². The van der Waals surface area contributed by atoms with Crippen LogP contribution < -0.4 is 10.6 Å². The highest BCUT2D eigenvalue weighted by molar-refractivity contribution is 5.69. The normalized spacial score (nSPS) is 18.3. The number of fused-ring (bicyclic) bond motifs is 1. The molecule has 2 saturated carbocycles. The van der Waals surface area contributed by atoms with Crippen molar-refractivity contribution in [2.45, 2.75) is 50.9 Å². The highest BCUT2D eigenvalue weighted by Gasteiger charge is 2.25. The molecule has 0 saturated heterocycles. The zero-order valence-corrected chi connectivity index (χ0v) is 14.9. The molecular formula is C19H25N7. The molecule has 5 rings (SSSR count). The molecule has 0 aliphatic heterocycles. The van der Waals surface area contributed by atoms with Crippen LogP contribution in [-0.4, -0.2) is 31.3 Å². The van der Waals surface area contributed by atoms with E-state index in [9.17, 15) is 0 Å². The second kappa shape index (κ2) is 6.63. The summed E-state index contributed by atoms with van der Waals surface area (Å²) >= 11 is 0. The van der Waals surface area contributed by atoms with Crippen molar-refractivity contribution in [1.29, 1.82) is 0 Å². The van der Waals surface area contributed by atoms with Crippen LogP contribution in [0.1, 0.15) is 56.6 Å². The van der Waals surface area contributed by atoms with Crippen LogP contribution in [0, 0.1) is 5.92 Å². The highest BCUT2D eigenvalue weighted by Crippen LogP contribution is 2.39. The topological polar surface area (TPSA) is 82.9 Å². The van der Waals surface area contributed by atoms with Gasteiger partial charge in [-0.2, -0.15) is 10.1 Å². The maximum absolute atomic E-state index is 4.71. The number of rotatable bonds is 6. The molecule has 0 atom stereocenters. The van der Waals surface area contributed by atoms with Gasteiger partial charge in [-0.1, -0.05) is 19.3 Å². The Bertz CT molecular complexity index is 886. The molecule has 0 unspecified atom stereocenters. The first-order chi connectivity index (χ1) is 12.8. The van der Waals surface area contributed by atoms with Crippen molar-refractivity contribution in [1.82, 2.24) is 24.8 Å². The first-order valence-corrected chi connectivity index (χ1v) is 9.77. The molecule has 3 heterocycles. The second-order valence-corrected chi connectivity index (χ2v) is 7.61. The second-order valence-electron chi connectivity index (χ2n) is 7.61. The molecule has 7 nitrogen and oxygen atoms in total. The molecule has 2 aliphatic carbocycles. The molecular weight excluding hydrogens is 326 g/mol. The molecule has 0 aromatic carbocycles. The van der Waals surface area contributed by atoms with Gasteiger partial charge in [0.05, 0.1) is 0 Å². The summed E-state index contributed by atoms with van der Waals surface area (Å²) in [4.78, 5) is 4.71. The van der Waals surface area contributed by atoms with E-state index in [4.69, 9.17) is 4.98 Å². The van der Waals surface area contributed by atoms with Crippen LogP contribution in [0.2, 0.25) is 0 Å². The van der Waals surface area contributed by atoms with Crippen molar-refractivity contribution in [3.8, 4) is 0 Å². The van der Waals surface area contributed by atoms with Crippen molar-refractivity contribution in [3.05, 3.63) is 30.1 Å². The number of nitrogens with zero attached hydrogens (tertiary/aromatic N) is 4. The van der Waals surface area contributed by atoms with E-state index >= 15 is 0 Å². The van der Waals surface area contributed by atoms with E-state index in [1.54, 1.807) is 0 Å². The van der Waals surface area contributed by atoms with Gasteiger partial charge in [-0.05, 0) is 43.7 Å². The Morgan fingerprint density at radius 2 is 2.04 bits per heavy atom. The minimum atomic E-state index is 0.564. The van der Waals surface area contributed by atoms with Gasteiger partial charge in [-0.15, -0.1) is 5.10 Å². The standard InChI is InChI=1S/C19H25N7/c1-2-5-13(6-3-1)12-20-18-16-7-4-10-26(16)25-19(22-18)21-17-11-15(23-24-17)14-8-9-14/h4,7,10-11,13-14H,1-3,5-6,8-9,12H2,(H3,20,21,22,23,24,25). The van der Waals surface area contributed by atoms with Crippen LogP contribution in [0.5, 0.6) is 0 Å². The van der Waals surface area contributed by atoms with Gasteiger partial charge < -0.3 is 10.6 Å². The van der Waals surface area contributed by atoms with E-state index in [1.807, 2.05) is 22.8 Å². The predicted molar refractivity (Wildman–Crippen MR) is 102 cm³/mol. The molecule has 136 valence electrons. The SMILES string of the molecule is c1cc2c(NCC3CCCCC3)nc(Nc3cc(C4CC4)[nH]n3)nn2c1. The molecule has 0 spiro atoms. The van der Waals surface area contributed by atoms with Crippen molar-refractivity contribution in [3.63, 3.8) is 0 Å². The van der Waals surface area contributed by atoms with E-state index < -0.39 is 0 Å². The van der Waals surface area contributed by atoms with Crippen LogP contribution >= 0.6 is 0 Å². The van der Waals surface area contributed by atoms with Gasteiger partial charge in [-0.25, -0.2) is 4.52 Å². The molecule has 2 fully saturated rings. The Kier molecular flexibility index (Phi) is 3.99. The Morgan fingerprint density at radius 1 is 1.15 bits per heavy atom. The summed E-state index contributed by atoms with van der Waals surface area (Å²) in [5, 5.41) is 18.8. The molecule has 7 heteroatoms. The number of anilines is 3. The summed E-state index contributed by atoms with van der Waals surface area (Å²) in [5.41, 5.74) is 2.21. The summed E-state index contributed by atoms with van der Waals surface area (Å²) in [6, 6.07) is 6.11. The lowest BCUT2D eigenvalue weighted by atomic mass is 9.89. The molecule has 0 radical (unpaired) electrons. The average Bonchev–Trinajstić information content (AvgIpc) is 3.22. The fourth-order valence-electron chi connectivity index (χ4n) is 3.87. The van der Waals surface area contributed by atoms with Crippen LogP contribution in [0.25, 0.3) is 5.52 Å². The van der Waals surface area contributed by atoms with E-state index in [0.717, 1.165) is 29.6 Å². The van der Waals surface area contributed by atoms with Crippen LogP contribution in [0.3, 0.4) is 0 Å². The maximum Gasteiger partial charge on any atom is 0.248 e. The Labute approximate surface area is 152 Å². The number of H-pyrrole nitrogens is 1. The van der Waals surface area contributed by atoms with E-state index in [0.29, 0.717) is 11.9 Å². The van der Waals surface area contributed by atoms with Crippen LogP contribution in [-0.2, 0) is 0 Å². The summed E-state index contributed by atoms with van der Waals surface area (Å²) in [5.74, 6) is 3.62. The summed E-state index contributed by atoms with van der Waals surface area (Å²) in [7, 11) is 0. The number of hydrogen-bond acceptors (Lipinski definition) is 5.